The van der Waals surface area contributed by atoms with E-state index < -0.39 is 0 Å². The molecule has 1 aliphatic heterocycles. The van der Waals surface area contributed by atoms with E-state index in [1.165, 1.54) is 11.1 Å². The van der Waals surface area contributed by atoms with E-state index in [0.717, 1.165) is 23.5 Å². The van der Waals surface area contributed by atoms with Gasteiger partial charge in [0.05, 0.1) is 5.70 Å². The van der Waals surface area contributed by atoms with Gasteiger partial charge in [-0.25, -0.2) is 0 Å². The van der Waals surface area contributed by atoms with Gasteiger partial charge in [0.15, 0.2) is 5.69 Å². The third kappa shape index (κ3) is 1.97. The zero-order valence-electron chi connectivity index (χ0n) is 12.1. The van der Waals surface area contributed by atoms with E-state index in [9.17, 15) is 5.21 Å². The molecule has 2 N–H and O–H groups in total. The Morgan fingerprint density at radius 1 is 1.21 bits per heavy atom. The van der Waals surface area contributed by atoms with Crippen LogP contribution >= 0.6 is 0 Å². The Morgan fingerprint density at radius 2 is 1.89 bits per heavy atom. The molecule has 0 fully saturated rings. The first-order valence-corrected chi connectivity index (χ1v) is 7.11. The van der Waals surface area contributed by atoms with Gasteiger partial charge in [0.1, 0.15) is 11.7 Å². The number of hydrogen-bond donors (Lipinski definition) is 2. The number of benzene rings is 1. The van der Waals surface area contributed by atoms with E-state index in [0.29, 0.717) is 16.9 Å². The fraction of sp³-hybridized carbons (Fsp3) is 0.500. The number of hydroxylamine groups is 1. The summed E-state index contributed by atoms with van der Waals surface area (Å²) < 4.78 is 0. The van der Waals surface area contributed by atoms with Crippen LogP contribution in [0.3, 0.4) is 0 Å². The van der Waals surface area contributed by atoms with Crippen molar-refractivity contribution in [2.45, 2.75) is 40.2 Å². The van der Waals surface area contributed by atoms with Crippen LogP contribution in [0.5, 0.6) is 0 Å². The highest BCUT2D eigenvalue weighted by Gasteiger charge is 2.36. The fourth-order valence-corrected chi connectivity index (χ4v) is 3.12. The van der Waals surface area contributed by atoms with Crippen LogP contribution in [0.15, 0.2) is 23.9 Å². The highest BCUT2D eigenvalue weighted by molar-refractivity contribution is 5.68. The summed E-state index contributed by atoms with van der Waals surface area (Å²) >= 11 is 0. The summed E-state index contributed by atoms with van der Waals surface area (Å²) in [6.07, 6.45) is 3.21. The van der Waals surface area contributed by atoms with Crippen LogP contribution < -0.4 is 10.4 Å². The molecule has 0 radical (unpaired) electrons. The van der Waals surface area contributed by atoms with Crippen LogP contribution in [0.4, 0.5) is 11.4 Å². The maximum Gasteiger partial charge on any atom is 0.155 e. The average molecular weight is 258 g/mol. The zero-order chi connectivity index (χ0) is 13.7. The lowest BCUT2D eigenvalue weighted by molar-refractivity contribution is -0.802. The lowest BCUT2D eigenvalue weighted by Crippen LogP contribution is -3.08. The third-order valence-corrected chi connectivity index (χ3v) is 4.82. The van der Waals surface area contributed by atoms with Gasteiger partial charge in [0, 0.05) is 12.5 Å². The molecule has 2 aliphatic rings. The Balaban J connectivity index is 2.07. The molecule has 4 atom stereocenters. The van der Waals surface area contributed by atoms with E-state index in [4.69, 9.17) is 0 Å². The van der Waals surface area contributed by atoms with Gasteiger partial charge in [-0.2, -0.15) is 0 Å². The molecular formula is C16H22N2O. The second kappa shape index (κ2) is 4.36. The third-order valence-electron chi connectivity index (χ3n) is 4.82. The second-order valence-electron chi connectivity index (χ2n) is 6.22. The summed E-state index contributed by atoms with van der Waals surface area (Å²) in [4.78, 5) is 0. The summed E-state index contributed by atoms with van der Waals surface area (Å²) in [6.45, 7) is 8.63. The van der Waals surface area contributed by atoms with Gasteiger partial charge in [0.25, 0.3) is 0 Å². The van der Waals surface area contributed by atoms with Gasteiger partial charge >= 0.3 is 0 Å². The second-order valence-corrected chi connectivity index (χ2v) is 6.22. The Hall–Kier alpha value is -1.32. The van der Waals surface area contributed by atoms with E-state index >= 15 is 0 Å². The largest absolute Gasteiger partial charge is 0.628 e. The number of anilines is 1. The molecule has 0 spiro atoms. The van der Waals surface area contributed by atoms with Gasteiger partial charge in [-0.3, -0.25) is 0 Å². The summed E-state index contributed by atoms with van der Waals surface area (Å²) in [6, 6.07) is 4.18. The smallest absolute Gasteiger partial charge is 0.155 e. The molecule has 102 valence electrons. The molecule has 3 rings (SSSR count). The van der Waals surface area contributed by atoms with Crippen molar-refractivity contribution in [2.75, 3.05) is 5.32 Å². The highest BCUT2D eigenvalue weighted by Crippen LogP contribution is 2.34. The highest BCUT2D eigenvalue weighted by atomic mass is 16.5. The maximum atomic E-state index is 12.7. The molecule has 1 aliphatic carbocycles. The molecule has 0 bridgehead atoms. The van der Waals surface area contributed by atoms with Gasteiger partial charge in [-0.1, -0.05) is 19.9 Å². The summed E-state index contributed by atoms with van der Waals surface area (Å²) in [5, 5.41) is 16.5. The molecule has 3 heteroatoms. The van der Waals surface area contributed by atoms with Gasteiger partial charge in [-0.15, -0.1) is 0 Å². The number of aryl methyl sites for hydroxylation is 2. The number of allylic oxidation sites excluding steroid dienone is 1. The minimum atomic E-state index is 0.0424. The van der Waals surface area contributed by atoms with Crippen molar-refractivity contribution in [2.24, 2.45) is 11.8 Å². The number of rotatable bonds is 0. The molecule has 0 aromatic heterocycles. The predicted molar refractivity (Wildman–Crippen MR) is 78.3 cm³/mol. The van der Waals surface area contributed by atoms with Crippen LogP contribution in [0.2, 0.25) is 0 Å². The minimum absolute atomic E-state index is 0.0424. The molecule has 0 saturated carbocycles. The number of quaternary nitrogens is 1. The molecule has 0 saturated heterocycles. The van der Waals surface area contributed by atoms with Crippen LogP contribution in [0, 0.1) is 30.9 Å². The Labute approximate surface area is 114 Å². The number of fused-ring (bicyclic) bond motifs is 2. The van der Waals surface area contributed by atoms with Crippen molar-refractivity contribution >= 4 is 11.4 Å². The lowest BCUT2D eigenvalue weighted by atomic mass is 9.81. The quantitative estimate of drug-likeness (QED) is 0.702. The molecule has 0 amide bonds. The monoisotopic (exact) mass is 258 g/mol. The van der Waals surface area contributed by atoms with Crippen molar-refractivity contribution in [1.82, 2.24) is 0 Å². The van der Waals surface area contributed by atoms with E-state index in [2.05, 4.69) is 45.2 Å². The Kier molecular flexibility index (Phi) is 2.91. The lowest BCUT2D eigenvalue weighted by Gasteiger charge is -2.43. The van der Waals surface area contributed by atoms with E-state index in [1.807, 2.05) is 6.07 Å². The molecular weight excluding hydrogens is 236 g/mol. The summed E-state index contributed by atoms with van der Waals surface area (Å²) in [7, 11) is 0. The van der Waals surface area contributed by atoms with Crippen molar-refractivity contribution in [1.29, 1.82) is 0 Å². The normalized spacial score (nSPS) is 33.0. The molecule has 1 heterocycles. The maximum absolute atomic E-state index is 12.7. The van der Waals surface area contributed by atoms with Gasteiger partial charge < -0.3 is 15.6 Å². The average Bonchev–Trinajstić information content (AvgIpc) is 2.35. The standard InChI is InChI=1S/C16H22N2O/c1-9-5-13-15(7-11(9)3)18(19)16-8-12(4)10(2)6-14(16)17-13/h5-7,10,12,16-18H,8H2,1-4H3. The summed E-state index contributed by atoms with van der Waals surface area (Å²) in [5.41, 5.74) is 5.39. The molecule has 1 aromatic rings. The van der Waals surface area contributed by atoms with Crippen LogP contribution in [-0.2, 0) is 0 Å². The number of hydrogen-bond acceptors (Lipinski definition) is 2. The van der Waals surface area contributed by atoms with Crippen LogP contribution in [0.1, 0.15) is 31.4 Å². The molecule has 19 heavy (non-hydrogen) atoms. The molecule has 1 aromatic carbocycles. The first kappa shape index (κ1) is 12.7. The van der Waals surface area contributed by atoms with E-state index in [-0.39, 0.29) is 6.04 Å². The van der Waals surface area contributed by atoms with Gasteiger partial charge in [-0.05, 0) is 42.9 Å². The van der Waals surface area contributed by atoms with Crippen LogP contribution in [-0.4, -0.2) is 6.04 Å². The fourth-order valence-electron chi connectivity index (χ4n) is 3.12. The van der Waals surface area contributed by atoms with Crippen molar-refractivity contribution in [3.05, 3.63) is 40.2 Å². The zero-order valence-corrected chi connectivity index (χ0v) is 12.1. The summed E-state index contributed by atoms with van der Waals surface area (Å²) in [5.74, 6) is 1.12. The SMILES string of the molecule is Cc1cc2c(cc1C)[NH+]([O-])C1CC(C)C(C)C=C1N2. The number of nitrogens with one attached hydrogen (secondary N) is 2. The molecule has 4 unspecified atom stereocenters. The van der Waals surface area contributed by atoms with Crippen molar-refractivity contribution in [3.8, 4) is 0 Å². The first-order chi connectivity index (χ1) is 8.97. The van der Waals surface area contributed by atoms with Crippen LogP contribution in [0.25, 0.3) is 0 Å². The first-order valence-electron chi connectivity index (χ1n) is 7.11. The van der Waals surface area contributed by atoms with E-state index in [1.54, 1.807) is 0 Å². The topological polar surface area (TPSA) is 39.5 Å². The minimum Gasteiger partial charge on any atom is -0.628 e. The molecule has 3 nitrogen and oxygen atoms in total. The van der Waals surface area contributed by atoms with Crippen molar-refractivity contribution < 1.29 is 5.06 Å². The van der Waals surface area contributed by atoms with Gasteiger partial charge in [0.2, 0.25) is 0 Å². The predicted octanol–water partition coefficient (Wildman–Crippen LogP) is 2.67. The Bertz CT molecular complexity index is 550. The van der Waals surface area contributed by atoms with Crippen molar-refractivity contribution in [3.63, 3.8) is 0 Å². The Morgan fingerprint density at radius 3 is 2.63 bits per heavy atom.